The molecule has 0 saturated heterocycles. The highest BCUT2D eigenvalue weighted by atomic mass is 19.1. The summed E-state index contributed by atoms with van der Waals surface area (Å²) in [5.41, 5.74) is 3.77. The molecule has 0 atom stereocenters. The highest BCUT2D eigenvalue weighted by Crippen LogP contribution is 2.39. The largest absolute Gasteiger partial charge is 0.381 e. The number of nitrogens with one attached hydrogen (secondary N) is 1. The lowest BCUT2D eigenvalue weighted by atomic mass is 9.75. The van der Waals surface area contributed by atoms with Crippen LogP contribution in [0.5, 0.6) is 0 Å². The lowest BCUT2D eigenvalue weighted by Gasteiger charge is -2.37. The zero-order valence-electron chi connectivity index (χ0n) is 11.9. The van der Waals surface area contributed by atoms with Gasteiger partial charge in [0.25, 0.3) is 0 Å². The molecular formula is C18H17FN2. The van der Waals surface area contributed by atoms with E-state index in [2.05, 4.69) is 36.5 Å². The smallest absolute Gasteiger partial charge is 0.124 e. The molecular weight excluding hydrogens is 263 g/mol. The highest BCUT2D eigenvalue weighted by Gasteiger charge is 2.30. The fourth-order valence-electron chi connectivity index (χ4n) is 2.89. The van der Waals surface area contributed by atoms with Crippen LogP contribution in [0, 0.1) is 24.1 Å². The fraction of sp³-hybridized carbons (Fsp3) is 0.278. The Morgan fingerprint density at radius 3 is 2.71 bits per heavy atom. The quantitative estimate of drug-likeness (QED) is 0.906. The van der Waals surface area contributed by atoms with Crippen molar-refractivity contribution >= 4 is 5.69 Å². The van der Waals surface area contributed by atoms with Gasteiger partial charge >= 0.3 is 0 Å². The number of aryl methyl sites for hydroxylation is 1. The van der Waals surface area contributed by atoms with Gasteiger partial charge in [-0.3, -0.25) is 0 Å². The molecule has 1 saturated carbocycles. The molecule has 0 unspecified atom stereocenters. The Morgan fingerprint density at radius 2 is 2.00 bits per heavy atom. The van der Waals surface area contributed by atoms with E-state index in [1.54, 1.807) is 6.07 Å². The van der Waals surface area contributed by atoms with Crippen molar-refractivity contribution in [2.45, 2.75) is 31.7 Å². The maximum atomic E-state index is 13.1. The normalized spacial score (nSPS) is 20.4. The lowest BCUT2D eigenvalue weighted by molar-refractivity contribution is 0.374. The molecule has 1 aliphatic carbocycles. The summed E-state index contributed by atoms with van der Waals surface area (Å²) in [7, 11) is 0. The Hall–Kier alpha value is -2.34. The zero-order chi connectivity index (χ0) is 14.8. The number of hydrogen-bond acceptors (Lipinski definition) is 2. The Labute approximate surface area is 124 Å². The molecule has 0 amide bonds. The summed E-state index contributed by atoms with van der Waals surface area (Å²) in [6.45, 7) is 2.11. The number of hydrogen-bond donors (Lipinski definition) is 1. The number of rotatable bonds is 3. The van der Waals surface area contributed by atoms with Crippen molar-refractivity contribution in [2.24, 2.45) is 0 Å². The molecule has 2 aromatic rings. The molecule has 1 fully saturated rings. The monoisotopic (exact) mass is 280 g/mol. The first-order valence-corrected chi connectivity index (χ1v) is 7.18. The van der Waals surface area contributed by atoms with Gasteiger partial charge in [-0.25, -0.2) is 4.39 Å². The van der Waals surface area contributed by atoms with Gasteiger partial charge in [0, 0.05) is 6.04 Å². The Bertz CT molecular complexity index is 697. The third-order valence-corrected chi connectivity index (χ3v) is 4.11. The maximum absolute atomic E-state index is 13.1. The fourth-order valence-corrected chi connectivity index (χ4v) is 2.89. The third-order valence-electron chi connectivity index (χ3n) is 4.11. The van der Waals surface area contributed by atoms with Gasteiger partial charge in [-0.05, 0) is 49.4 Å². The summed E-state index contributed by atoms with van der Waals surface area (Å²) < 4.78 is 13.1. The number of nitriles is 1. The van der Waals surface area contributed by atoms with Gasteiger partial charge < -0.3 is 5.32 Å². The van der Waals surface area contributed by atoms with E-state index in [1.165, 1.54) is 23.3 Å². The predicted molar refractivity (Wildman–Crippen MR) is 81.7 cm³/mol. The number of anilines is 1. The molecule has 3 rings (SSSR count). The summed E-state index contributed by atoms with van der Waals surface area (Å²) in [5.74, 6) is 0.205. The van der Waals surface area contributed by atoms with Crippen LogP contribution in [0.1, 0.15) is 35.4 Å². The lowest BCUT2D eigenvalue weighted by Crippen LogP contribution is -2.34. The van der Waals surface area contributed by atoms with Crippen molar-refractivity contribution in [1.82, 2.24) is 0 Å². The molecule has 0 radical (unpaired) electrons. The molecule has 3 heteroatoms. The van der Waals surface area contributed by atoms with Crippen LogP contribution < -0.4 is 5.32 Å². The second-order valence-electron chi connectivity index (χ2n) is 5.73. The van der Waals surface area contributed by atoms with Gasteiger partial charge in [-0.15, -0.1) is 0 Å². The van der Waals surface area contributed by atoms with Crippen molar-refractivity contribution in [1.29, 1.82) is 5.26 Å². The van der Waals surface area contributed by atoms with Crippen molar-refractivity contribution in [3.05, 3.63) is 65.0 Å². The molecule has 2 aromatic carbocycles. The Balaban J connectivity index is 1.64. The van der Waals surface area contributed by atoms with Crippen LogP contribution >= 0.6 is 0 Å². The number of nitrogens with zero attached hydrogens (tertiary/aromatic N) is 1. The SMILES string of the molecule is Cc1cccc(C2CC(Nc3ccc(F)cc3C#N)C2)c1. The first-order valence-electron chi connectivity index (χ1n) is 7.18. The second kappa shape index (κ2) is 5.57. The van der Waals surface area contributed by atoms with E-state index in [0.717, 1.165) is 18.5 Å². The molecule has 1 N–H and O–H groups in total. The van der Waals surface area contributed by atoms with Crippen LogP contribution in [0.2, 0.25) is 0 Å². The standard InChI is InChI=1S/C18H17FN2/c1-12-3-2-4-13(7-12)14-9-17(10-14)21-18-6-5-16(19)8-15(18)11-20/h2-8,14,17,21H,9-10H2,1H3. The Kier molecular flexibility index (Phi) is 3.62. The van der Waals surface area contributed by atoms with Gasteiger partial charge in [0.15, 0.2) is 0 Å². The van der Waals surface area contributed by atoms with Crippen molar-refractivity contribution in [3.8, 4) is 6.07 Å². The zero-order valence-corrected chi connectivity index (χ0v) is 11.9. The van der Waals surface area contributed by atoms with E-state index in [-0.39, 0.29) is 5.82 Å². The summed E-state index contributed by atoms with van der Waals surface area (Å²) in [5, 5.41) is 12.4. The second-order valence-corrected chi connectivity index (χ2v) is 5.73. The average molecular weight is 280 g/mol. The van der Waals surface area contributed by atoms with Crippen LogP contribution in [0.25, 0.3) is 0 Å². The first-order chi connectivity index (χ1) is 10.2. The summed E-state index contributed by atoms with van der Waals surface area (Å²) in [4.78, 5) is 0. The molecule has 106 valence electrons. The van der Waals surface area contributed by atoms with Crippen molar-refractivity contribution in [2.75, 3.05) is 5.32 Å². The van der Waals surface area contributed by atoms with Gasteiger partial charge in [0.1, 0.15) is 11.9 Å². The van der Waals surface area contributed by atoms with E-state index < -0.39 is 0 Å². The van der Waals surface area contributed by atoms with Crippen LogP contribution in [-0.4, -0.2) is 6.04 Å². The minimum atomic E-state index is -0.372. The van der Waals surface area contributed by atoms with Gasteiger partial charge in [-0.2, -0.15) is 5.26 Å². The number of benzene rings is 2. The topological polar surface area (TPSA) is 35.8 Å². The van der Waals surface area contributed by atoms with E-state index in [1.807, 2.05) is 6.07 Å². The minimum Gasteiger partial charge on any atom is -0.381 e. The van der Waals surface area contributed by atoms with Crippen molar-refractivity contribution in [3.63, 3.8) is 0 Å². The van der Waals surface area contributed by atoms with E-state index in [9.17, 15) is 4.39 Å². The average Bonchev–Trinajstić information content (AvgIpc) is 2.43. The summed E-state index contributed by atoms with van der Waals surface area (Å²) >= 11 is 0. The van der Waals surface area contributed by atoms with E-state index in [0.29, 0.717) is 17.5 Å². The molecule has 2 nitrogen and oxygen atoms in total. The van der Waals surface area contributed by atoms with Crippen LogP contribution in [0.3, 0.4) is 0 Å². The summed E-state index contributed by atoms with van der Waals surface area (Å²) in [6, 6.07) is 15.3. The third kappa shape index (κ3) is 2.90. The minimum absolute atomic E-state index is 0.355. The summed E-state index contributed by atoms with van der Waals surface area (Å²) in [6.07, 6.45) is 2.09. The van der Waals surface area contributed by atoms with Gasteiger partial charge in [0.2, 0.25) is 0 Å². The highest BCUT2D eigenvalue weighted by molar-refractivity contribution is 5.58. The van der Waals surface area contributed by atoms with Gasteiger partial charge in [0.05, 0.1) is 11.3 Å². The predicted octanol–water partition coefficient (Wildman–Crippen LogP) is 4.36. The van der Waals surface area contributed by atoms with E-state index >= 15 is 0 Å². The van der Waals surface area contributed by atoms with Crippen LogP contribution in [-0.2, 0) is 0 Å². The molecule has 21 heavy (non-hydrogen) atoms. The first kappa shape index (κ1) is 13.6. The molecule has 1 aliphatic rings. The molecule has 0 aliphatic heterocycles. The van der Waals surface area contributed by atoms with Crippen LogP contribution in [0.4, 0.5) is 10.1 Å². The van der Waals surface area contributed by atoms with E-state index in [4.69, 9.17) is 5.26 Å². The molecule has 0 heterocycles. The number of halogens is 1. The van der Waals surface area contributed by atoms with Gasteiger partial charge in [-0.1, -0.05) is 29.8 Å². The van der Waals surface area contributed by atoms with Crippen molar-refractivity contribution < 1.29 is 4.39 Å². The Morgan fingerprint density at radius 1 is 1.19 bits per heavy atom. The molecule has 0 aromatic heterocycles. The van der Waals surface area contributed by atoms with Crippen LogP contribution in [0.15, 0.2) is 42.5 Å². The maximum Gasteiger partial charge on any atom is 0.124 e. The molecule has 0 bridgehead atoms. The molecule has 0 spiro atoms.